The minimum absolute atomic E-state index is 0. The zero-order valence-electron chi connectivity index (χ0n) is 18.6. The van der Waals surface area contributed by atoms with Gasteiger partial charge in [-0.15, -0.1) is 24.0 Å². The van der Waals surface area contributed by atoms with Crippen molar-refractivity contribution >= 4 is 29.9 Å². The summed E-state index contributed by atoms with van der Waals surface area (Å²) in [6.45, 7) is 7.36. The third-order valence-corrected chi connectivity index (χ3v) is 6.03. The molecule has 2 aromatic rings. The second kappa shape index (κ2) is 11.2. The maximum atomic E-state index is 13.9. The van der Waals surface area contributed by atoms with Gasteiger partial charge in [-0.1, -0.05) is 18.2 Å². The van der Waals surface area contributed by atoms with Crippen molar-refractivity contribution in [3.8, 4) is 11.5 Å². The molecule has 2 N–H and O–H groups in total. The van der Waals surface area contributed by atoms with E-state index < -0.39 is 0 Å². The fourth-order valence-corrected chi connectivity index (χ4v) is 4.06. The van der Waals surface area contributed by atoms with E-state index in [4.69, 9.17) is 14.2 Å². The molecule has 2 heterocycles. The highest BCUT2D eigenvalue weighted by Gasteiger charge is 2.35. The number of aryl methyl sites for hydroxylation is 1. The SMILES string of the molecule is CCNC(=NCc1ccc(C)c(F)c1)NCC1(c2ccc3c(c2)OCO3)CCOCC1.I. The van der Waals surface area contributed by atoms with Gasteiger partial charge in [0.05, 0.1) is 6.54 Å². The first-order chi connectivity index (χ1) is 15.1. The molecule has 0 aromatic heterocycles. The van der Waals surface area contributed by atoms with Crippen LogP contribution in [0, 0.1) is 12.7 Å². The van der Waals surface area contributed by atoms with Gasteiger partial charge in [-0.25, -0.2) is 9.38 Å². The number of aliphatic imine (C=N–C) groups is 1. The first-order valence-electron chi connectivity index (χ1n) is 10.8. The van der Waals surface area contributed by atoms with E-state index in [1.54, 1.807) is 19.1 Å². The highest BCUT2D eigenvalue weighted by Crippen LogP contribution is 2.40. The van der Waals surface area contributed by atoms with Crippen LogP contribution in [0.4, 0.5) is 4.39 Å². The van der Waals surface area contributed by atoms with E-state index in [1.807, 2.05) is 19.1 Å². The van der Waals surface area contributed by atoms with Crippen LogP contribution in [-0.4, -0.2) is 39.1 Å². The third kappa shape index (κ3) is 5.64. The zero-order valence-corrected chi connectivity index (χ0v) is 20.9. The summed E-state index contributed by atoms with van der Waals surface area (Å²) < 4.78 is 30.6. The molecule has 0 aliphatic carbocycles. The highest BCUT2D eigenvalue weighted by molar-refractivity contribution is 14.0. The molecule has 4 rings (SSSR count). The molecular weight excluding hydrogens is 524 g/mol. The van der Waals surface area contributed by atoms with Crippen molar-refractivity contribution in [2.75, 3.05) is 33.1 Å². The summed E-state index contributed by atoms with van der Waals surface area (Å²) in [5.74, 6) is 2.11. The van der Waals surface area contributed by atoms with Gasteiger partial charge in [-0.2, -0.15) is 0 Å². The van der Waals surface area contributed by atoms with Crippen LogP contribution in [0.25, 0.3) is 0 Å². The summed E-state index contributed by atoms with van der Waals surface area (Å²) in [4.78, 5) is 4.67. The molecule has 2 aromatic carbocycles. The number of rotatable bonds is 6. The lowest BCUT2D eigenvalue weighted by Crippen LogP contribution is -2.48. The molecule has 8 heteroatoms. The fraction of sp³-hybridized carbons (Fsp3) is 0.458. The van der Waals surface area contributed by atoms with Crippen molar-refractivity contribution in [1.29, 1.82) is 0 Å². The van der Waals surface area contributed by atoms with Crippen molar-refractivity contribution in [3.63, 3.8) is 0 Å². The summed E-state index contributed by atoms with van der Waals surface area (Å²) in [5.41, 5.74) is 2.61. The van der Waals surface area contributed by atoms with Gasteiger partial charge < -0.3 is 24.8 Å². The number of nitrogens with zero attached hydrogens (tertiary/aromatic N) is 1. The number of halogens is 2. The maximum absolute atomic E-state index is 13.9. The van der Waals surface area contributed by atoms with E-state index in [0.717, 1.165) is 42.4 Å². The Labute approximate surface area is 206 Å². The largest absolute Gasteiger partial charge is 0.454 e. The molecule has 0 saturated carbocycles. The molecule has 2 aliphatic rings. The number of fused-ring (bicyclic) bond motifs is 1. The van der Waals surface area contributed by atoms with Gasteiger partial charge in [0.25, 0.3) is 0 Å². The fourth-order valence-electron chi connectivity index (χ4n) is 4.06. The van der Waals surface area contributed by atoms with Gasteiger partial charge in [0.2, 0.25) is 6.79 Å². The van der Waals surface area contributed by atoms with Crippen LogP contribution in [0.1, 0.15) is 36.5 Å². The molecule has 0 unspecified atom stereocenters. The lowest BCUT2D eigenvalue weighted by molar-refractivity contribution is 0.0513. The summed E-state index contributed by atoms with van der Waals surface area (Å²) >= 11 is 0. The van der Waals surface area contributed by atoms with E-state index in [2.05, 4.69) is 27.8 Å². The average molecular weight is 555 g/mol. The lowest BCUT2D eigenvalue weighted by Gasteiger charge is -2.38. The molecule has 2 aliphatic heterocycles. The summed E-state index contributed by atoms with van der Waals surface area (Å²) in [7, 11) is 0. The van der Waals surface area contributed by atoms with E-state index in [1.165, 1.54) is 5.56 Å². The Kier molecular flexibility index (Phi) is 8.58. The smallest absolute Gasteiger partial charge is 0.231 e. The predicted octanol–water partition coefficient (Wildman–Crippen LogP) is 4.28. The Bertz CT molecular complexity index is 948. The van der Waals surface area contributed by atoms with E-state index in [9.17, 15) is 4.39 Å². The average Bonchev–Trinajstić information content (AvgIpc) is 3.26. The zero-order chi connectivity index (χ0) is 21.7. The molecule has 6 nitrogen and oxygen atoms in total. The number of hydrogen-bond acceptors (Lipinski definition) is 4. The number of benzene rings is 2. The first-order valence-corrected chi connectivity index (χ1v) is 10.8. The Morgan fingerprint density at radius 1 is 1.06 bits per heavy atom. The van der Waals surface area contributed by atoms with Crippen LogP contribution in [0.5, 0.6) is 11.5 Å². The standard InChI is InChI=1S/C24H30FN3O3.HI/c1-3-26-23(27-14-18-5-4-17(2)20(25)12-18)28-15-24(8-10-29-11-9-24)19-6-7-21-22(13-19)31-16-30-21;/h4-7,12-13H,3,8-11,14-16H2,1-2H3,(H2,26,27,28);1H. The van der Waals surface area contributed by atoms with Gasteiger partial charge in [-0.05, 0) is 61.6 Å². The normalized spacial score (nSPS) is 16.9. The Morgan fingerprint density at radius 3 is 2.59 bits per heavy atom. The van der Waals surface area contributed by atoms with Crippen molar-refractivity contribution in [2.24, 2.45) is 4.99 Å². The molecule has 0 atom stereocenters. The molecule has 1 saturated heterocycles. The van der Waals surface area contributed by atoms with Gasteiger partial charge in [0, 0.05) is 31.7 Å². The Balaban J connectivity index is 0.00000289. The monoisotopic (exact) mass is 555 g/mol. The van der Waals surface area contributed by atoms with Crippen molar-refractivity contribution < 1.29 is 18.6 Å². The van der Waals surface area contributed by atoms with Crippen molar-refractivity contribution in [3.05, 3.63) is 58.9 Å². The van der Waals surface area contributed by atoms with E-state index in [-0.39, 0.29) is 42.0 Å². The van der Waals surface area contributed by atoms with Gasteiger partial charge in [0.1, 0.15) is 5.82 Å². The number of hydrogen-bond donors (Lipinski definition) is 2. The maximum Gasteiger partial charge on any atom is 0.231 e. The van der Waals surface area contributed by atoms with Crippen LogP contribution >= 0.6 is 24.0 Å². The highest BCUT2D eigenvalue weighted by atomic mass is 127. The Morgan fingerprint density at radius 2 is 1.84 bits per heavy atom. The molecule has 0 bridgehead atoms. The quantitative estimate of drug-likeness (QED) is 0.317. The first kappa shape index (κ1) is 24.6. The third-order valence-electron chi connectivity index (χ3n) is 6.03. The molecule has 32 heavy (non-hydrogen) atoms. The van der Waals surface area contributed by atoms with Gasteiger partial charge >= 0.3 is 0 Å². The molecule has 0 radical (unpaired) electrons. The summed E-state index contributed by atoms with van der Waals surface area (Å²) in [6, 6.07) is 11.5. The molecule has 0 amide bonds. The van der Waals surface area contributed by atoms with Crippen LogP contribution in [0.3, 0.4) is 0 Å². The molecule has 0 spiro atoms. The Hall–Kier alpha value is -2.07. The topological polar surface area (TPSA) is 64.1 Å². The molecule has 1 fully saturated rings. The van der Waals surface area contributed by atoms with Crippen molar-refractivity contribution in [1.82, 2.24) is 10.6 Å². The number of nitrogens with one attached hydrogen (secondary N) is 2. The van der Waals surface area contributed by atoms with Crippen molar-refractivity contribution in [2.45, 2.75) is 38.6 Å². The lowest BCUT2D eigenvalue weighted by atomic mass is 9.74. The van der Waals surface area contributed by atoms with Gasteiger partial charge in [0.15, 0.2) is 17.5 Å². The molecular formula is C24H31FIN3O3. The van der Waals surface area contributed by atoms with Crippen LogP contribution in [0.15, 0.2) is 41.4 Å². The minimum atomic E-state index is -0.199. The van der Waals surface area contributed by atoms with Crippen LogP contribution in [-0.2, 0) is 16.7 Å². The van der Waals surface area contributed by atoms with Crippen LogP contribution in [0.2, 0.25) is 0 Å². The summed E-state index contributed by atoms with van der Waals surface area (Å²) in [6.07, 6.45) is 1.81. The van der Waals surface area contributed by atoms with Crippen LogP contribution < -0.4 is 20.1 Å². The number of guanidine groups is 1. The summed E-state index contributed by atoms with van der Waals surface area (Å²) in [5, 5.41) is 6.81. The van der Waals surface area contributed by atoms with Gasteiger partial charge in [-0.3, -0.25) is 0 Å². The predicted molar refractivity (Wildman–Crippen MR) is 134 cm³/mol. The second-order valence-corrected chi connectivity index (χ2v) is 8.09. The second-order valence-electron chi connectivity index (χ2n) is 8.09. The molecule has 174 valence electrons. The van der Waals surface area contributed by atoms with E-state index >= 15 is 0 Å². The minimum Gasteiger partial charge on any atom is -0.454 e. The number of ether oxygens (including phenoxy) is 3. The van der Waals surface area contributed by atoms with E-state index in [0.29, 0.717) is 31.9 Å².